The van der Waals surface area contributed by atoms with E-state index in [4.69, 9.17) is 4.99 Å². The Morgan fingerprint density at radius 2 is 1.90 bits per heavy atom. The summed E-state index contributed by atoms with van der Waals surface area (Å²) in [6.45, 7) is 11.1. The van der Waals surface area contributed by atoms with Crippen LogP contribution in [-0.2, 0) is 11.3 Å². The standard InChI is InChI=1S/C23H35N5O.HI/c1-4-24-23(26-20-10-14-28(15-11-20)22(29)18(2)3)25-17-19-8-7-9-21(16-19)27-12-5-6-13-27;/h5-9,16,18,20H,4,10-15,17H2,1-3H3,(H2,24,25,26);1H. The Morgan fingerprint density at radius 3 is 2.53 bits per heavy atom. The van der Waals surface area contributed by atoms with Crippen molar-refractivity contribution in [1.82, 2.24) is 15.5 Å². The van der Waals surface area contributed by atoms with E-state index in [0.29, 0.717) is 12.6 Å². The van der Waals surface area contributed by atoms with Gasteiger partial charge >= 0.3 is 0 Å². The van der Waals surface area contributed by atoms with Crippen molar-refractivity contribution in [3.05, 3.63) is 42.0 Å². The Labute approximate surface area is 198 Å². The number of halogens is 1. The number of hydrogen-bond donors (Lipinski definition) is 2. The van der Waals surface area contributed by atoms with Crippen molar-refractivity contribution in [2.24, 2.45) is 10.9 Å². The van der Waals surface area contributed by atoms with Crippen molar-refractivity contribution >= 4 is 41.5 Å². The number of hydrogen-bond acceptors (Lipinski definition) is 3. The normalized spacial score (nSPS) is 17.3. The van der Waals surface area contributed by atoms with Gasteiger partial charge in [0.05, 0.1) is 6.54 Å². The highest BCUT2D eigenvalue weighted by Crippen LogP contribution is 2.19. The van der Waals surface area contributed by atoms with E-state index in [2.05, 4.69) is 58.9 Å². The molecule has 0 spiro atoms. The van der Waals surface area contributed by atoms with E-state index >= 15 is 0 Å². The monoisotopic (exact) mass is 525 g/mol. The Kier molecular flexibility index (Phi) is 9.94. The van der Waals surface area contributed by atoms with Crippen LogP contribution in [0.25, 0.3) is 0 Å². The number of piperidine rings is 1. The van der Waals surface area contributed by atoms with Crippen LogP contribution in [0.4, 0.5) is 5.69 Å². The molecule has 1 amide bonds. The first-order chi connectivity index (χ1) is 14.1. The molecule has 1 aromatic carbocycles. The number of carbonyl (C=O) groups is 1. The van der Waals surface area contributed by atoms with Gasteiger partial charge in [-0.05, 0) is 37.5 Å². The molecule has 0 aromatic heterocycles. The van der Waals surface area contributed by atoms with Crippen LogP contribution in [-0.4, -0.2) is 55.5 Å². The van der Waals surface area contributed by atoms with Crippen LogP contribution < -0.4 is 15.5 Å². The molecule has 30 heavy (non-hydrogen) atoms. The molecule has 0 aliphatic carbocycles. The van der Waals surface area contributed by atoms with Gasteiger partial charge in [-0.25, -0.2) is 4.99 Å². The van der Waals surface area contributed by atoms with E-state index in [1.165, 1.54) is 11.3 Å². The van der Waals surface area contributed by atoms with E-state index < -0.39 is 0 Å². The predicted octanol–water partition coefficient (Wildman–Crippen LogP) is 3.38. The summed E-state index contributed by atoms with van der Waals surface area (Å²) in [5.41, 5.74) is 2.46. The zero-order chi connectivity index (χ0) is 20.6. The molecule has 2 aliphatic rings. The summed E-state index contributed by atoms with van der Waals surface area (Å²) < 4.78 is 0. The molecule has 1 fully saturated rings. The number of likely N-dealkylation sites (tertiary alicyclic amines) is 1. The lowest BCUT2D eigenvalue weighted by atomic mass is 10.0. The Hall–Kier alpha value is -1.77. The summed E-state index contributed by atoms with van der Waals surface area (Å²) in [4.78, 5) is 21.3. The fourth-order valence-electron chi connectivity index (χ4n) is 3.83. The molecule has 0 bridgehead atoms. The van der Waals surface area contributed by atoms with Gasteiger partial charge in [0, 0.05) is 50.4 Å². The molecule has 1 aromatic rings. The minimum absolute atomic E-state index is 0. The zero-order valence-electron chi connectivity index (χ0n) is 18.4. The van der Waals surface area contributed by atoms with Gasteiger partial charge < -0.3 is 20.4 Å². The second-order valence-corrected chi connectivity index (χ2v) is 8.14. The molecule has 6 nitrogen and oxygen atoms in total. The molecule has 166 valence electrons. The van der Waals surface area contributed by atoms with Gasteiger partial charge in [0.2, 0.25) is 5.91 Å². The lowest BCUT2D eigenvalue weighted by Gasteiger charge is -2.34. The van der Waals surface area contributed by atoms with Crippen molar-refractivity contribution in [2.45, 2.75) is 46.2 Å². The number of amides is 1. The minimum atomic E-state index is 0. The van der Waals surface area contributed by atoms with Crippen LogP contribution in [0.2, 0.25) is 0 Å². The molecule has 2 N–H and O–H groups in total. The third kappa shape index (κ3) is 6.89. The summed E-state index contributed by atoms with van der Waals surface area (Å²) in [6.07, 6.45) is 6.33. The Morgan fingerprint density at radius 1 is 1.20 bits per heavy atom. The smallest absolute Gasteiger partial charge is 0.225 e. The van der Waals surface area contributed by atoms with Crippen LogP contribution >= 0.6 is 24.0 Å². The zero-order valence-corrected chi connectivity index (χ0v) is 20.8. The van der Waals surface area contributed by atoms with Crippen LogP contribution in [0.5, 0.6) is 0 Å². The maximum Gasteiger partial charge on any atom is 0.225 e. The van der Waals surface area contributed by atoms with Gasteiger partial charge in [-0.15, -0.1) is 24.0 Å². The molecular weight excluding hydrogens is 489 g/mol. The molecule has 7 heteroatoms. The van der Waals surface area contributed by atoms with Crippen LogP contribution in [0.3, 0.4) is 0 Å². The number of rotatable bonds is 6. The van der Waals surface area contributed by atoms with Gasteiger partial charge in [-0.2, -0.15) is 0 Å². The molecule has 3 rings (SSSR count). The van der Waals surface area contributed by atoms with Gasteiger partial charge in [0.25, 0.3) is 0 Å². The first-order valence-corrected chi connectivity index (χ1v) is 10.9. The van der Waals surface area contributed by atoms with E-state index in [-0.39, 0.29) is 35.8 Å². The van der Waals surface area contributed by atoms with Crippen molar-refractivity contribution in [2.75, 3.05) is 37.6 Å². The third-order valence-electron chi connectivity index (χ3n) is 5.50. The molecule has 1 saturated heterocycles. The molecule has 2 aliphatic heterocycles. The van der Waals surface area contributed by atoms with E-state index in [9.17, 15) is 4.79 Å². The highest BCUT2D eigenvalue weighted by atomic mass is 127. The topological polar surface area (TPSA) is 60.0 Å². The number of nitrogens with zero attached hydrogens (tertiary/aromatic N) is 3. The lowest BCUT2D eigenvalue weighted by Crippen LogP contribution is -2.50. The van der Waals surface area contributed by atoms with Crippen molar-refractivity contribution in [1.29, 1.82) is 0 Å². The van der Waals surface area contributed by atoms with Crippen molar-refractivity contribution < 1.29 is 4.79 Å². The first-order valence-electron chi connectivity index (χ1n) is 10.9. The molecule has 0 saturated carbocycles. The molecule has 0 radical (unpaired) electrons. The summed E-state index contributed by atoms with van der Waals surface area (Å²) >= 11 is 0. The van der Waals surface area contributed by atoms with Gasteiger partial charge in [-0.3, -0.25) is 4.79 Å². The number of nitrogens with one attached hydrogen (secondary N) is 2. The second kappa shape index (κ2) is 12.2. The predicted molar refractivity (Wildman–Crippen MR) is 136 cm³/mol. The maximum absolute atomic E-state index is 12.2. The highest BCUT2D eigenvalue weighted by molar-refractivity contribution is 14.0. The van der Waals surface area contributed by atoms with E-state index in [1.807, 2.05) is 18.7 Å². The maximum atomic E-state index is 12.2. The summed E-state index contributed by atoms with van der Waals surface area (Å²) in [6, 6.07) is 8.99. The highest BCUT2D eigenvalue weighted by Gasteiger charge is 2.24. The summed E-state index contributed by atoms with van der Waals surface area (Å²) in [7, 11) is 0. The SMILES string of the molecule is CCNC(=NCc1cccc(N2CC=CC2)c1)NC1CCN(C(=O)C(C)C)CC1.I. The van der Waals surface area contributed by atoms with Crippen LogP contribution in [0.1, 0.15) is 39.2 Å². The lowest BCUT2D eigenvalue weighted by molar-refractivity contribution is -0.135. The van der Waals surface area contributed by atoms with Gasteiger partial charge in [-0.1, -0.05) is 38.1 Å². The summed E-state index contributed by atoms with van der Waals surface area (Å²) in [5, 5.41) is 6.93. The van der Waals surface area contributed by atoms with Crippen molar-refractivity contribution in [3.8, 4) is 0 Å². The van der Waals surface area contributed by atoms with Gasteiger partial charge in [0.15, 0.2) is 5.96 Å². The van der Waals surface area contributed by atoms with E-state index in [0.717, 1.165) is 51.5 Å². The van der Waals surface area contributed by atoms with Crippen LogP contribution in [0.15, 0.2) is 41.4 Å². The quantitative estimate of drug-likeness (QED) is 0.259. The van der Waals surface area contributed by atoms with Crippen molar-refractivity contribution in [3.63, 3.8) is 0 Å². The fraction of sp³-hybridized carbons (Fsp3) is 0.565. The molecular formula is C23H36IN5O. The molecule has 2 heterocycles. The average Bonchev–Trinajstić information content (AvgIpc) is 3.27. The Balaban J connectivity index is 0.00000320. The number of carbonyl (C=O) groups excluding carboxylic acids is 1. The van der Waals surface area contributed by atoms with E-state index in [1.54, 1.807) is 0 Å². The average molecular weight is 525 g/mol. The summed E-state index contributed by atoms with van der Waals surface area (Å²) in [5.74, 6) is 1.19. The largest absolute Gasteiger partial charge is 0.364 e. The fourth-order valence-corrected chi connectivity index (χ4v) is 3.83. The minimum Gasteiger partial charge on any atom is -0.364 e. The Bertz CT molecular complexity index is 733. The van der Waals surface area contributed by atoms with Crippen LogP contribution in [0, 0.1) is 5.92 Å². The number of benzene rings is 1. The number of aliphatic imine (C=N–C) groups is 1. The number of guanidine groups is 1. The second-order valence-electron chi connectivity index (χ2n) is 8.14. The molecule has 0 unspecified atom stereocenters. The number of anilines is 1. The third-order valence-corrected chi connectivity index (χ3v) is 5.50. The molecule has 0 atom stereocenters. The van der Waals surface area contributed by atoms with Gasteiger partial charge in [0.1, 0.15) is 0 Å². The first kappa shape index (κ1) is 24.5.